The zero-order valence-electron chi connectivity index (χ0n) is 7.26. The predicted octanol–water partition coefficient (Wildman–Crippen LogP) is 1.49. The van der Waals surface area contributed by atoms with E-state index in [0.717, 1.165) is 18.4 Å². The van der Waals surface area contributed by atoms with Crippen molar-refractivity contribution in [3.63, 3.8) is 0 Å². The first kappa shape index (κ1) is 8.75. The molecule has 0 aliphatic carbocycles. The Kier molecular flexibility index (Phi) is 3.09. The molecule has 0 saturated heterocycles. The first-order chi connectivity index (χ1) is 5.29. The molecule has 1 aliphatic heterocycles. The lowest BCUT2D eigenvalue weighted by Gasteiger charge is -2.10. The molecule has 0 aromatic heterocycles. The summed E-state index contributed by atoms with van der Waals surface area (Å²) in [6.07, 6.45) is 2.35. The fraction of sp³-hybridized carbons (Fsp3) is 0.778. The fourth-order valence-corrected chi connectivity index (χ4v) is 1.45. The Bertz CT molecular complexity index is 161. The van der Waals surface area contributed by atoms with E-state index in [9.17, 15) is 0 Å². The third-order valence-electron chi connectivity index (χ3n) is 2.16. The highest BCUT2D eigenvalue weighted by Crippen LogP contribution is 2.23. The molecule has 0 unspecified atom stereocenters. The smallest absolute Gasteiger partial charge is 0.0814 e. The summed E-state index contributed by atoms with van der Waals surface area (Å²) in [5, 5.41) is 9.00. The van der Waals surface area contributed by atoms with Crippen molar-refractivity contribution < 1.29 is 9.84 Å². The highest BCUT2D eigenvalue weighted by Gasteiger charge is 2.21. The Morgan fingerprint density at radius 3 is 2.91 bits per heavy atom. The van der Waals surface area contributed by atoms with Gasteiger partial charge in [-0.3, -0.25) is 0 Å². The van der Waals surface area contributed by atoms with E-state index >= 15 is 0 Å². The van der Waals surface area contributed by atoms with Gasteiger partial charge in [0.05, 0.1) is 19.3 Å². The van der Waals surface area contributed by atoms with E-state index in [-0.39, 0.29) is 12.7 Å². The maximum Gasteiger partial charge on any atom is 0.0814 e. The third kappa shape index (κ3) is 1.82. The van der Waals surface area contributed by atoms with Crippen LogP contribution >= 0.6 is 0 Å². The molecule has 0 aromatic carbocycles. The van der Waals surface area contributed by atoms with Crippen LogP contribution in [0.3, 0.4) is 0 Å². The van der Waals surface area contributed by atoms with Crippen molar-refractivity contribution >= 4 is 0 Å². The number of hydrogen-bond donors (Lipinski definition) is 1. The van der Waals surface area contributed by atoms with Crippen LogP contribution in [-0.4, -0.2) is 24.4 Å². The van der Waals surface area contributed by atoms with Gasteiger partial charge in [0.25, 0.3) is 0 Å². The van der Waals surface area contributed by atoms with Crippen LogP contribution in [0.1, 0.15) is 26.7 Å². The minimum atomic E-state index is 0.163. The van der Waals surface area contributed by atoms with Gasteiger partial charge in [-0.15, -0.1) is 0 Å². The van der Waals surface area contributed by atoms with Gasteiger partial charge in [-0.05, 0) is 24.5 Å². The van der Waals surface area contributed by atoms with Gasteiger partial charge in [0.15, 0.2) is 0 Å². The lowest BCUT2D eigenvalue weighted by atomic mass is 10.0. The van der Waals surface area contributed by atoms with Crippen molar-refractivity contribution in [2.75, 3.05) is 13.2 Å². The molecule has 2 heteroatoms. The zero-order valence-corrected chi connectivity index (χ0v) is 7.26. The average molecular weight is 156 g/mol. The number of hydrogen-bond acceptors (Lipinski definition) is 2. The Morgan fingerprint density at radius 1 is 1.64 bits per heavy atom. The second-order valence-electron chi connectivity index (χ2n) is 3.05. The van der Waals surface area contributed by atoms with Gasteiger partial charge >= 0.3 is 0 Å². The fourth-order valence-electron chi connectivity index (χ4n) is 1.45. The third-order valence-corrected chi connectivity index (χ3v) is 2.16. The molecule has 11 heavy (non-hydrogen) atoms. The lowest BCUT2D eigenvalue weighted by molar-refractivity contribution is 0.105. The first-order valence-electron chi connectivity index (χ1n) is 4.20. The number of aliphatic hydroxyl groups is 1. The van der Waals surface area contributed by atoms with Crippen molar-refractivity contribution in [3.05, 3.63) is 11.1 Å². The molecule has 2 nitrogen and oxygen atoms in total. The standard InChI is InChI=1S/C9H16O2/c1-3-4-9-8(5-10)7(2)6-11-9/h9-10H,3-6H2,1-2H3/t9-/m1/s1. The topological polar surface area (TPSA) is 29.5 Å². The molecular formula is C9H16O2. The summed E-state index contributed by atoms with van der Waals surface area (Å²) >= 11 is 0. The molecule has 0 amide bonds. The van der Waals surface area contributed by atoms with Crippen LogP contribution in [0, 0.1) is 0 Å². The van der Waals surface area contributed by atoms with E-state index in [1.54, 1.807) is 0 Å². The minimum Gasteiger partial charge on any atom is -0.392 e. The van der Waals surface area contributed by atoms with Gasteiger partial charge in [0, 0.05) is 0 Å². The monoisotopic (exact) mass is 156 g/mol. The van der Waals surface area contributed by atoms with E-state index in [1.165, 1.54) is 5.57 Å². The molecule has 0 aromatic rings. The first-order valence-corrected chi connectivity index (χ1v) is 4.20. The van der Waals surface area contributed by atoms with Gasteiger partial charge in [0.2, 0.25) is 0 Å². The Balaban J connectivity index is 2.56. The van der Waals surface area contributed by atoms with E-state index in [0.29, 0.717) is 6.61 Å². The molecule has 1 rings (SSSR count). The summed E-state index contributed by atoms with van der Waals surface area (Å²) in [5.41, 5.74) is 2.32. The quantitative estimate of drug-likeness (QED) is 0.627. The van der Waals surface area contributed by atoms with Crippen LogP contribution < -0.4 is 0 Å². The Labute approximate surface area is 67.9 Å². The molecular weight excluding hydrogens is 140 g/mol. The van der Waals surface area contributed by atoms with E-state index in [2.05, 4.69) is 6.92 Å². The summed E-state index contributed by atoms with van der Waals surface area (Å²) in [6.45, 7) is 5.03. The number of rotatable bonds is 3. The maximum absolute atomic E-state index is 9.00. The normalized spacial score (nSPS) is 24.8. The second-order valence-corrected chi connectivity index (χ2v) is 3.05. The Morgan fingerprint density at radius 2 is 2.36 bits per heavy atom. The highest BCUT2D eigenvalue weighted by atomic mass is 16.5. The summed E-state index contributed by atoms with van der Waals surface area (Å²) in [4.78, 5) is 0. The molecule has 1 aliphatic rings. The second kappa shape index (κ2) is 3.88. The van der Waals surface area contributed by atoms with Crippen LogP contribution in [0.25, 0.3) is 0 Å². The molecule has 0 spiro atoms. The molecule has 64 valence electrons. The Hall–Kier alpha value is -0.340. The maximum atomic E-state index is 9.00. The van der Waals surface area contributed by atoms with Gasteiger partial charge in [-0.1, -0.05) is 13.3 Å². The number of aliphatic hydroxyl groups excluding tert-OH is 1. The number of ether oxygens (including phenoxy) is 1. The van der Waals surface area contributed by atoms with Gasteiger partial charge in [0.1, 0.15) is 0 Å². The van der Waals surface area contributed by atoms with Crippen molar-refractivity contribution in [1.29, 1.82) is 0 Å². The van der Waals surface area contributed by atoms with Gasteiger partial charge in [-0.2, -0.15) is 0 Å². The molecule has 0 bridgehead atoms. The minimum absolute atomic E-state index is 0.163. The SMILES string of the molecule is CCC[C@H]1OCC(C)=C1CO. The highest BCUT2D eigenvalue weighted by molar-refractivity contribution is 5.21. The largest absolute Gasteiger partial charge is 0.392 e. The van der Waals surface area contributed by atoms with Crippen LogP contribution in [0.2, 0.25) is 0 Å². The van der Waals surface area contributed by atoms with Crippen molar-refractivity contribution in [2.45, 2.75) is 32.8 Å². The van der Waals surface area contributed by atoms with Gasteiger partial charge in [-0.25, -0.2) is 0 Å². The van der Waals surface area contributed by atoms with E-state index < -0.39 is 0 Å². The molecule has 1 N–H and O–H groups in total. The zero-order chi connectivity index (χ0) is 8.27. The summed E-state index contributed by atoms with van der Waals surface area (Å²) in [6, 6.07) is 0. The van der Waals surface area contributed by atoms with Crippen LogP contribution in [0.5, 0.6) is 0 Å². The summed E-state index contributed by atoms with van der Waals surface area (Å²) < 4.78 is 5.48. The van der Waals surface area contributed by atoms with E-state index in [1.807, 2.05) is 6.92 Å². The van der Waals surface area contributed by atoms with Gasteiger partial charge < -0.3 is 9.84 Å². The van der Waals surface area contributed by atoms with Crippen LogP contribution in [0.15, 0.2) is 11.1 Å². The van der Waals surface area contributed by atoms with Crippen molar-refractivity contribution in [3.8, 4) is 0 Å². The van der Waals surface area contributed by atoms with Crippen LogP contribution in [-0.2, 0) is 4.74 Å². The molecule has 1 heterocycles. The molecule has 1 atom stereocenters. The molecule has 0 fully saturated rings. The molecule has 0 radical (unpaired) electrons. The van der Waals surface area contributed by atoms with Crippen molar-refractivity contribution in [1.82, 2.24) is 0 Å². The summed E-state index contributed by atoms with van der Waals surface area (Å²) in [5.74, 6) is 0. The van der Waals surface area contributed by atoms with Crippen LogP contribution in [0.4, 0.5) is 0 Å². The average Bonchev–Trinajstić information content (AvgIpc) is 2.33. The lowest BCUT2D eigenvalue weighted by Crippen LogP contribution is -2.11. The van der Waals surface area contributed by atoms with Crippen molar-refractivity contribution in [2.24, 2.45) is 0 Å². The van der Waals surface area contributed by atoms with E-state index in [4.69, 9.17) is 9.84 Å². The summed E-state index contributed by atoms with van der Waals surface area (Å²) in [7, 11) is 0. The molecule has 0 saturated carbocycles. The predicted molar refractivity (Wildman–Crippen MR) is 44.4 cm³/mol.